The maximum Gasteiger partial charge on any atom is 0.306 e. The molecule has 9 nitrogen and oxygen atoms in total. The van der Waals surface area contributed by atoms with E-state index in [-0.39, 0.29) is 29.8 Å². The Labute approximate surface area is 200 Å². The number of aromatic nitrogens is 4. The number of nitrogens with one attached hydrogen (secondary N) is 2. The average Bonchev–Trinajstić information content (AvgIpc) is 3.19. The van der Waals surface area contributed by atoms with Gasteiger partial charge in [0.25, 0.3) is 0 Å². The number of fused-ring (bicyclic) bond motifs is 1. The molecule has 1 aromatic carbocycles. The SMILES string of the molecule is O=C(O)[C@H]1CC[C@@H](n2c(Nc3ccc(F)cc3F)nc3cnc(N[C@H]4CC[C@H](O)CC4)nc32)CC1. The van der Waals surface area contributed by atoms with Gasteiger partial charge in [0.05, 0.1) is 23.9 Å². The number of hydrogen-bond acceptors (Lipinski definition) is 7. The van der Waals surface area contributed by atoms with Gasteiger partial charge in [0.15, 0.2) is 5.65 Å². The van der Waals surface area contributed by atoms with E-state index in [4.69, 9.17) is 4.98 Å². The number of carboxylic acids is 1. The van der Waals surface area contributed by atoms with Gasteiger partial charge in [-0.1, -0.05) is 0 Å². The maximum atomic E-state index is 14.4. The van der Waals surface area contributed by atoms with Crippen molar-refractivity contribution < 1.29 is 23.8 Å². The summed E-state index contributed by atoms with van der Waals surface area (Å²) >= 11 is 0. The molecule has 2 saturated carbocycles. The first kappa shape index (κ1) is 23.4. The third kappa shape index (κ3) is 5.04. The van der Waals surface area contributed by atoms with E-state index in [0.717, 1.165) is 31.7 Å². The first-order valence-electron chi connectivity index (χ1n) is 12.0. The summed E-state index contributed by atoms with van der Waals surface area (Å²) < 4.78 is 29.7. The molecular weight excluding hydrogens is 458 g/mol. The van der Waals surface area contributed by atoms with Crippen molar-refractivity contribution in [3.05, 3.63) is 36.0 Å². The van der Waals surface area contributed by atoms with Crippen LogP contribution in [0.2, 0.25) is 0 Å². The molecular formula is C24H28F2N6O3. The Hall–Kier alpha value is -3.34. The van der Waals surface area contributed by atoms with Crippen LogP contribution in [0.3, 0.4) is 0 Å². The van der Waals surface area contributed by atoms with Crippen LogP contribution in [0.15, 0.2) is 24.4 Å². The zero-order valence-electron chi connectivity index (χ0n) is 19.1. The number of hydrogen-bond donors (Lipinski definition) is 4. The van der Waals surface area contributed by atoms with Crippen molar-refractivity contribution in [2.24, 2.45) is 5.92 Å². The quantitative estimate of drug-likeness (QED) is 0.405. The molecule has 0 bridgehead atoms. The van der Waals surface area contributed by atoms with Gasteiger partial charge in [0, 0.05) is 18.2 Å². The Bertz CT molecular complexity index is 1220. The van der Waals surface area contributed by atoms with Gasteiger partial charge in [-0.3, -0.25) is 9.36 Å². The highest BCUT2D eigenvalue weighted by Crippen LogP contribution is 2.37. The zero-order chi connectivity index (χ0) is 24.5. The molecule has 0 aliphatic heterocycles. The number of halogens is 2. The summed E-state index contributed by atoms with van der Waals surface area (Å²) in [5.74, 6) is -1.82. The Morgan fingerprint density at radius 2 is 1.77 bits per heavy atom. The van der Waals surface area contributed by atoms with Crippen LogP contribution in [0.5, 0.6) is 0 Å². The third-order valence-corrected chi connectivity index (χ3v) is 7.05. The molecule has 35 heavy (non-hydrogen) atoms. The van der Waals surface area contributed by atoms with E-state index in [9.17, 15) is 23.8 Å². The number of benzene rings is 1. The number of carbonyl (C=O) groups is 1. The summed E-state index contributed by atoms with van der Waals surface area (Å²) in [6, 6.07) is 3.35. The van der Waals surface area contributed by atoms with Crippen molar-refractivity contribution in [3.8, 4) is 0 Å². The number of aliphatic hydroxyl groups excluding tert-OH is 1. The molecule has 0 spiro atoms. The lowest BCUT2D eigenvalue weighted by Gasteiger charge is -2.29. The van der Waals surface area contributed by atoms with Gasteiger partial charge in [0.2, 0.25) is 11.9 Å². The molecule has 0 amide bonds. The Balaban J connectivity index is 1.48. The summed E-state index contributed by atoms with van der Waals surface area (Å²) in [6.45, 7) is 0. The van der Waals surface area contributed by atoms with Gasteiger partial charge < -0.3 is 20.8 Å². The summed E-state index contributed by atoms with van der Waals surface area (Å²) in [5.41, 5.74) is 1.15. The molecule has 3 aromatic rings. The van der Waals surface area contributed by atoms with Crippen LogP contribution in [0.1, 0.15) is 57.4 Å². The lowest BCUT2D eigenvalue weighted by atomic mass is 9.86. The van der Waals surface area contributed by atoms with E-state index in [0.29, 0.717) is 48.7 Å². The first-order chi connectivity index (χ1) is 16.9. The van der Waals surface area contributed by atoms with Crippen LogP contribution >= 0.6 is 0 Å². The molecule has 2 fully saturated rings. The first-order valence-corrected chi connectivity index (χ1v) is 12.0. The van der Waals surface area contributed by atoms with Gasteiger partial charge >= 0.3 is 5.97 Å². The fraction of sp³-hybridized carbons (Fsp3) is 0.500. The number of aliphatic carboxylic acids is 1. The largest absolute Gasteiger partial charge is 0.481 e. The Morgan fingerprint density at radius 3 is 2.46 bits per heavy atom. The second-order valence-corrected chi connectivity index (χ2v) is 9.45. The number of nitrogens with zero attached hydrogens (tertiary/aromatic N) is 4. The fourth-order valence-corrected chi connectivity index (χ4v) is 5.09. The number of aliphatic hydroxyl groups is 1. The third-order valence-electron chi connectivity index (χ3n) is 7.05. The highest BCUT2D eigenvalue weighted by Gasteiger charge is 2.30. The van der Waals surface area contributed by atoms with E-state index in [1.165, 1.54) is 12.1 Å². The fourth-order valence-electron chi connectivity index (χ4n) is 5.09. The molecule has 2 aliphatic rings. The molecule has 2 aromatic heterocycles. The minimum Gasteiger partial charge on any atom is -0.481 e. The van der Waals surface area contributed by atoms with E-state index >= 15 is 0 Å². The van der Waals surface area contributed by atoms with E-state index in [1.54, 1.807) is 6.20 Å². The molecule has 2 heterocycles. The van der Waals surface area contributed by atoms with Crippen LogP contribution in [0, 0.1) is 17.6 Å². The minimum atomic E-state index is -0.794. The monoisotopic (exact) mass is 486 g/mol. The smallest absolute Gasteiger partial charge is 0.306 e. The van der Waals surface area contributed by atoms with Gasteiger partial charge in [-0.2, -0.15) is 4.98 Å². The molecule has 2 aliphatic carbocycles. The number of anilines is 3. The van der Waals surface area contributed by atoms with Gasteiger partial charge in [0.1, 0.15) is 17.2 Å². The second kappa shape index (κ2) is 9.73. The van der Waals surface area contributed by atoms with Crippen molar-refractivity contribution in [2.45, 2.75) is 69.6 Å². The van der Waals surface area contributed by atoms with Gasteiger partial charge in [-0.15, -0.1) is 0 Å². The summed E-state index contributed by atoms with van der Waals surface area (Å²) in [6.07, 6.45) is 6.67. The Kier molecular flexibility index (Phi) is 6.50. The maximum absolute atomic E-state index is 14.4. The molecule has 0 unspecified atom stereocenters. The van der Waals surface area contributed by atoms with Crippen molar-refractivity contribution in [2.75, 3.05) is 10.6 Å². The molecule has 186 valence electrons. The second-order valence-electron chi connectivity index (χ2n) is 9.45. The molecule has 0 radical (unpaired) electrons. The predicted molar refractivity (Wildman–Crippen MR) is 125 cm³/mol. The zero-order valence-corrected chi connectivity index (χ0v) is 19.1. The lowest BCUT2D eigenvalue weighted by molar-refractivity contribution is -0.143. The Morgan fingerprint density at radius 1 is 1.03 bits per heavy atom. The molecule has 11 heteroatoms. The van der Waals surface area contributed by atoms with Crippen LogP contribution in [-0.4, -0.2) is 47.8 Å². The highest BCUT2D eigenvalue weighted by atomic mass is 19.1. The van der Waals surface area contributed by atoms with Crippen LogP contribution in [-0.2, 0) is 4.79 Å². The van der Waals surface area contributed by atoms with Crippen molar-refractivity contribution >= 4 is 34.7 Å². The van der Waals surface area contributed by atoms with Gasteiger partial charge in [-0.25, -0.2) is 18.7 Å². The molecule has 4 N–H and O–H groups in total. The van der Waals surface area contributed by atoms with Crippen molar-refractivity contribution in [3.63, 3.8) is 0 Å². The van der Waals surface area contributed by atoms with Crippen LogP contribution < -0.4 is 10.6 Å². The summed E-state index contributed by atoms with van der Waals surface area (Å²) in [7, 11) is 0. The minimum absolute atomic E-state index is 0.0780. The molecule has 0 saturated heterocycles. The predicted octanol–water partition coefficient (Wildman–Crippen LogP) is 4.38. The van der Waals surface area contributed by atoms with Crippen molar-refractivity contribution in [1.29, 1.82) is 0 Å². The summed E-state index contributed by atoms with van der Waals surface area (Å²) in [4.78, 5) is 25.2. The standard InChI is InChI=1S/C24H28F2N6O3/c25-14-3-10-19(18(26)11-14)29-24-30-20-12-27-23(28-15-4-8-17(33)9-5-15)31-21(20)32(24)16-6-1-13(2-7-16)22(34)35/h3,10-13,15-17,33H,1-2,4-9H2,(H,29,30)(H,34,35)(H,27,28,31)/t13-,15-,16+,17-. The average molecular weight is 487 g/mol. The van der Waals surface area contributed by atoms with E-state index in [1.807, 2.05) is 4.57 Å². The molecule has 0 atom stereocenters. The highest BCUT2D eigenvalue weighted by molar-refractivity contribution is 5.77. The normalized spacial score (nSPS) is 24.9. The van der Waals surface area contributed by atoms with Crippen LogP contribution in [0.25, 0.3) is 11.2 Å². The lowest BCUT2D eigenvalue weighted by Crippen LogP contribution is -2.29. The summed E-state index contributed by atoms with van der Waals surface area (Å²) in [5, 5.41) is 25.5. The van der Waals surface area contributed by atoms with Gasteiger partial charge in [-0.05, 0) is 63.5 Å². The van der Waals surface area contributed by atoms with Crippen molar-refractivity contribution in [1.82, 2.24) is 19.5 Å². The van der Waals surface area contributed by atoms with E-state index < -0.39 is 17.6 Å². The van der Waals surface area contributed by atoms with E-state index in [2.05, 4.69) is 20.6 Å². The van der Waals surface area contributed by atoms with Crippen LogP contribution in [0.4, 0.5) is 26.4 Å². The topological polar surface area (TPSA) is 125 Å². The number of carboxylic acid groups (broad SMARTS) is 1. The number of rotatable bonds is 6. The molecule has 5 rings (SSSR count). The number of imidazole rings is 1.